The van der Waals surface area contributed by atoms with Crippen LogP contribution in [0.25, 0.3) is 11.2 Å². The average Bonchev–Trinajstić information content (AvgIpc) is 3.00. The van der Waals surface area contributed by atoms with Crippen molar-refractivity contribution in [2.75, 3.05) is 0 Å². The van der Waals surface area contributed by atoms with Gasteiger partial charge in [-0.2, -0.15) is 5.26 Å². The number of nitrogens with one attached hydrogen (secondary N) is 2. The minimum absolute atomic E-state index is 0.103. The van der Waals surface area contributed by atoms with Gasteiger partial charge in [-0.25, -0.2) is 9.97 Å². The maximum atomic E-state index is 8.68. The molecule has 0 amide bonds. The number of nitrogens with zero attached hydrogens (tertiary/aromatic N) is 4. The van der Waals surface area contributed by atoms with E-state index in [1.54, 1.807) is 18.5 Å². The number of fused-ring (bicyclic) bond motifs is 1. The number of H-pyrrole nitrogens is 1. The number of imidazole rings is 1. The molecule has 1 aromatic carbocycles. The number of nitriles is 1. The van der Waals surface area contributed by atoms with Crippen LogP contribution in [0.1, 0.15) is 12.8 Å². The second-order valence-electron chi connectivity index (χ2n) is 5.09. The van der Waals surface area contributed by atoms with Gasteiger partial charge in [0.05, 0.1) is 27.5 Å². The summed E-state index contributed by atoms with van der Waals surface area (Å²) in [5, 5.41) is 18.4. The van der Waals surface area contributed by atoms with Crippen LogP contribution >= 0.6 is 46.6 Å². The molecule has 0 aliphatic heterocycles. The van der Waals surface area contributed by atoms with Crippen molar-refractivity contribution in [3.8, 4) is 6.07 Å². The molecule has 128 valence electrons. The Balaban J connectivity index is 1.97. The van der Waals surface area contributed by atoms with Crippen molar-refractivity contribution in [3.05, 3.63) is 39.0 Å². The monoisotopic (exact) mass is 412 g/mol. The molecule has 2 aromatic heterocycles. The summed E-state index contributed by atoms with van der Waals surface area (Å²) in [5.74, 6) is 0. The van der Waals surface area contributed by atoms with E-state index in [0.717, 1.165) is 0 Å². The molecule has 0 aliphatic carbocycles. The lowest BCUT2D eigenvalue weighted by Gasteiger charge is -2.04. The second kappa shape index (κ2) is 7.67. The molecule has 0 fully saturated rings. The topological polar surface area (TPSA) is 94.1 Å². The normalized spacial score (nSPS) is 11.0. The molecular weight excluding hydrogens is 403 g/mol. The SMILES string of the molecule is N#CCCCn1cnc(=N)c2[nH]c(Sc3cc(Cl)c(Cl)cc3Cl)nc21. The van der Waals surface area contributed by atoms with Crippen LogP contribution in [0.3, 0.4) is 0 Å². The molecule has 2 heterocycles. The van der Waals surface area contributed by atoms with Crippen LogP contribution in [0, 0.1) is 16.7 Å². The molecule has 25 heavy (non-hydrogen) atoms. The fourth-order valence-electron chi connectivity index (χ4n) is 2.19. The zero-order valence-corrected chi connectivity index (χ0v) is 15.8. The number of hydrogen-bond donors (Lipinski definition) is 2. The number of benzene rings is 1. The second-order valence-corrected chi connectivity index (χ2v) is 7.34. The van der Waals surface area contributed by atoms with Gasteiger partial charge in [-0.1, -0.05) is 46.6 Å². The molecule has 0 aliphatic rings. The molecule has 3 rings (SSSR count). The molecule has 0 radical (unpaired) electrons. The van der Waals surface area contributed by atoms with E-state index in [4.69, 9.17) is 45.5 Å². The number of aromatic amines is 1. The minimum Gasteiger partial charge on any atom is -0.328 e. The van der Waals surface area contributed by atoms with E-state index in [1.807, 2.05) is 4.57 Å². The standard InChI is InChI=1S/C15H11Cl3N6S/c16-8-5-10(18)11(6-9(8)17)25-15-22-12-13(20)21-7-24(14(12)23-15)4-2-1-3-19/h5-7,20H,1-2,4H2,(H,22,23). The lowest BCUT2D eigenvalue weighted by molar-refractivity contribution is 0.651. The first-order valence-corrected chi connectivity index (χ1v) is 9.13. The largest absolute Gasteiger partial charge is 0.328 e. The van der Waals surface area contributed by atoms with Gasteiger partial charge in [0.15, 0.2) is 16.3 Å². The van der Waals surface area contributed by atoms with Gasteiger partial charge in [-0.05, 0) is 18.6 Å². The van der Waals surface area contributed by atoms with Crippen LogP contribution in [0.4, 0.5) is 0 Å². The fourth-order valence-corrected chi connectivity index (χ4v) is 3.74. The van der Waals surface area contributed by atoms with E-state index >= 15 is 0 Å². The van der Waals surface area contributed by atoms with Gasteiger partial charge in [0.1, 0.15) is 5.52 Å². The Hall–Kier alpha value is -1.72. The maximum Gasteiger partial charge on any atom is 0.173 e. The predicted molar refractivity (Wildman–Crippen MR) is 98.2 cm³/mol. The van der Waals surface area contributed by atoms with Gasteiger partial charge >= 0.3 is 0 Å². The summed E-state index contributed by atoms with van der Waals surface area (Å²) < 4.78 is 1.82. The van der Waals surface area contributed by atoms with Gasteiger partial charge in [0, 0.05) is 17.9 Å². The molecule has 3 aromatic rings. The molecule has 6 nitrogen and oxygen atoms in total. The van der Waals surface area contributed by atoms with Crippen molar-refractivity contribution in [3.63, 3.8) is 0 Å². The number of aryl methyl sites for hydroxylation is 1. The number of aromatic nitrogens is 4. The Kier molecular flexibility index (Phi) is 5.54. The van der Waals surface area contributed by atoms with E-state index in [0.29, 0.717) is 55.7 Å². The van der Waals surface area contributed by atoms with Crippen LogP contribution in [-0.2, 0) is 6.54 Å². The highest BCUT2D eigenvalue weighted by molar-refractivity contribution is 7.99. The molecule has 0 saturated heterocycles. The van der Waals surface area contributed by atoms with Crippen LogP contribution in [0.5, 0.6) is 0 Å². The maximum absolute atomic E-state index is 8.68. The lowest BCUT2D eigenvalue weighted by atomic mass is 10.3. The molecule has 0 spiro atoms. The van der Waals surface area contributed by atoms with E-state index in [9.17, 15) is 0 Å². The molecule has 0 atom stereocenters. The zero-order valence-electron chi connectivity index (χ0n) is 12.7. The van der Waals surface area contributed by atoms with Gasteiger partial charge < -0.3 is 9.55 Å². The smallest absolute Gasteiger partial charge is 0.173 e. The first-order chi connectivity index (χ1) is 12.0. The number of unbranched alkanes of at least 4 members (excludes halogenated alkanes) is 1. The average molecular weight is 414 g/mol. The van der Waals surface area contributed by atoms with Crippen molar-refractivity contribution in [2.24, 2.45) is 0 Å². The quantitative estimate of drug-likeness (QED) is 0.470. The summed E-state index contributed by atoms with van der Waals surface area (Å²) in [4.78, 5) is 12.4. The Morgan fingerprint density at radius 1 is 1.24 bits per heavy atom. The molecule has 0 unspecified atom stereocenters. The first-order valence-electron chi connectivity index (χ1n) is 7.18. The summed E-state index contributed by atoms with van der Waals surface area (Å²) in [6.07, 6.45) is 2.69. The van der Waals surface area contributed by atoms with Gasteiger partial charge in [0.2, 0.25) is 0 Å². The highest BCUT2D eigenvalue weighted by atomic mass is 35.5. The van der Waals surface area contributed by atoms with Crippen molar-refractivity contribution < 1.29 is 0 Å². The zero-order chi connectivity index (χ0) is 18.0. The lowest BCUT2D eigenvalue weighted by Crippen LogP contribution is -2.12. The van der Waals surface area contributed by atoms with Crippen LogP contribution < -0.4 is 5.49 Å². The van der Waals surface area contributed by atoms with Crippen LogP contribution in [0.2, 0.25) is 15.1 Å². The Morgan fingerprint density at radius 3 is 2.76 bits per heavy atom. The Labute approximate surface area is 162 Å². The summed E-state index contributed by atoms with van der Waals surface area (Å²) >= 11 is 19.5. The molecular formula is C15H11Cl3N6S. The van der Waals surface area contributed by atoms with Gasteiger partial charge in [-0.15, -0.1) is 0 Å². The van der Waals surface area contributed by atoms with Crippen molar-refractivity contribution in [1.82, 2.24) is 19.5 Å². The minimum atomic E-state index is 0.103. The van der Waals surface area contributed by atoms with E-state index in [2.05, 4.69) is 21.0 Å². The Bertz CT molecular complexity index is 1040. The fraction of sp³-hybridized carbons (Fsp3) is 0.200. The summed E-state index contributed by atoms with van der Waals surface area (Å²) in [7, 11) is 0. The van der Waals surface area contributed by atoms with Crippen LogP contribution in [0.15, 0.2) is 28.5 Å². The van der Waals surface area contributed by atoms with Crippen molar-refractivity contribution >= 4 is 57.7 Å². The van der Waals surface area contributed by atoms with E-state index in [1.165, 1.54) is 11.8 Å². The highest BCUT2D eigenvalue weighted by Gasteiger charge is 2.13. The van der Waals surface area contributed by atoms with Crippen molar-refractivity contribution in [1.29, 1.82) is 10.7 Å². The third-order valence-corrected chi connectivity index (χ3v) is 5.46. The summed E-state index contributed by atoms with van der Waals surface area (Å²) in [5.41, 5.74) is 1.24. The van der Waals surface area contributed by atoms with E-state index < -0.39 is 0 Å². The van der Waals surface area contributed by atoms with E-state index in [-0.39, 0.29) is 5.49 Å². The Morgan fingerprint density at radius 2 is 2.00 bits per heavy atom. The predicted octanol–water partition coefficient (Wildman–Crippen LogP) is 4.65. The molecule has 0 bridgehead atoms. The third-order valence-electron chi connectivity index (χ3n) is 3.37. The summed E-state index contributed by atoms with van der Waals surface area (Å²) in [6.45, 7) is 0.597. The molecule has 0 saturated carbocycles. The van der Waals surface area contributed by atoms with Crippen molar-refractivity contribution in [2.45, 2.75) is 29.4 Å². The summed E-state index contributed by atoms with van der Waals surface area (Å²) in [6, 6.07) is 5.36. The molecule has 10 heteroatoms. The third kappa shape index (κ3) is 3.93. The van der Waals surface area contributed by atoms with Crippen LogP contribution in [-0.4, -0.2) is 19.5 Å². The number of halogens is 3. The number of hydrogen-bond acceptors (Lipinski definition) is 5. The van der Waals surface area contributed by atoms with Gasteiger partial charge in [-0.3, -0.25) is 5.41 Å². The highest BCUT2D eigenvalue weighted by Crippen LogP contribution is 2.37. The first kappa shape index (κ1) is 18.1. The van der Waals surface area contributed by atoms with Gasteiger partial charge in [0.25, 0.3) is 0 Å². The molecule has 2 N–H and O–H groups in total. The number of rotatable bonds is 5.